The van der Waals surface area contributed by atoms with Crippen LogP contribution in [-0.2, 0) is 20.7 Å². The van der Waals surface area contributed by atoms with Gasteiger partial charge in [0.1, 0.15) is 11.9 Å². The Hall–Kier alpha value is -3.53. The number of hydrogen-bond donors (Lipinski definition) is 1. The van der Waals surface area contributed by atoms with Crippen LogP contribution in [0, 0.1) is 17.1 Å². The number of nitrogens with zero attached hydrogens (tertiary/aromatic N) is 1. The molecule has 0 aliphatic rings. The van der Waals surface area contributed by atoms with E-state index in [9.17, 15) is 24.0 Å². The lowest BCUT2D eigenvalue weighted by Gasteiger charge is -2.25. The van der Waals surface area contributed by atoms with Crippen molar-refractivity contribution in [1.82, 2.24) is 5.32 Å². The van der Waals surface area contributed by atoms with Crippen molar-refractivity contribution in [3.8, 4) is 6.07 Å². The highest BCUT2D eigenvalue weighted by Crippen LogP contribution is 2.18. The number of amides is 1. The van der Waals surface area contributed by atoms with Gasteiger partial charge >= 0.3 is 5.97 Å². The van der Waals surface area contributed by atoms with Crippen LogP contribution in [0.15, 0.2) is 48.5 Å². The molecule has 1 N–H and O–H groups in total. The van der Waals surface area contributed by atoms with Crippen molar-refractivity contribution in [2.24, 2.45) is 0 Å². The molecule has 0 aliphatic heterocycles. The Morgan fingerprint density at radius 3 is 2.07 bits per heavy atom. The second-order valence-electron chi connectivity index (χ2n) is 6.13. The summed E-state index contributed by atoms with van der Waals surface area (Å²) in [5, 5.41) is 11.9. The molecule has 1 unspecified atom stereocenters. The zero-order chi connectivity index (χ0) is 20.7. The average molecular weight is 382 g/mol. The smallest absolute Gasteiger partial charge is 0.347 e. The molecule has 2 aromatic rings. The minimum Gasteiger partial charge on any atom is -0.463 e. The van der Waals surface area contributed by atoms with Gasteiger partial charge in [-0.05, 0) is 36.8 Å². The fourth-order valence-electron chi connectivity index (χ4n) is 2.68. The van der Waals surface area contributed by atoms with E-state index in [0.717, 1.165) is 0 Å². The standard InChI is InChI=1S/C21H19FN2O4/c1-3-28-20(27)21(13-23,24-14(2)25)12-15-4-6-16(7-5-15)19(26)17-8-10-18(22)11-9-17/h4-11H,3,12H2,1-2H3,(H,24,25). The summed E-state index contributed by atoms with van der Waals surface area (Å²) in [6.45, 7) is 2.87. The molecule has 0 spiro atoms. The summed E-state index contributed by atoms with van der Waals surface area (Å²) in [5.41, 5.74) is -0.595. The lowest BCUT2D eigenvalue weighted by molar-refractivity contribution is -0.150. The quantitative estimate of drug-likeness (QED) is 0.586. The average Bonchev–Trinajstić information content (AvgIpc) is 2.68. The zero-order valence-electron chi connectivity index (χ0n) is 15.5. The van der Waals surface area contributed by atoms with E-state index in [0.29, 0.717) is 16.7 Å². The summed E-state index contributed by atoms with van der Waals surface area (Å²) < 4.78 is 17.9. The summed E-state index contributed by atoms with van der Waals surface area (Å²) in [7, 11) is 0. The van der Waals surface area contributed by atoms with Crippen LogP contribution in [-0.4, -0.2) is 29.8 Å². The molecule has 0 aliphatic carbocycles. The molecule has 0 fully saturated rings. The van der Waals surface area contributed by atoms with E-state index in [1.54, 1.807) is 31.2 Å². The van der Waals surface area contributed by atoms with E-state index in [1.165, 1.54) is 31.2 Å². The first-order valence-corrected chi connectivity index (χ1v) is 8.57. The lowest BCUT2D eigenvalue weighted by atomic mass is 9.91. The Bertz CT molecular complexity index is 917. The summed E-state index contributed by atoms with van der Waals surface area (Å²) in [6.07, 6.45) is -0.118. The maximum atomic E-state index is 13.0. The molecule has 6 nitrogen and oxygen atoms in total. The molecule has 0 saturated heterocycles. The largest absolute Gasteiger partial charge is 0.463 e. The van der Waals surface area contributed by atoms with Crippen molar-refractivity contribution in [3.63, 3.8) is 0 Å². The fraction of sp³-hybridized carbons (Fsp3) is 0.238. The molecule has 1 atom stereocenters. The van der Waals surface area contributed by atoms with E-state index >= 15 is 0 Å². The topological polar surface area (TPSA) is 96.3 Å². The van der Waals surface area contributed by atoms with Gasteiger partial charge in [-0.15, -0.1) is 0 Å². The number of ether oxygens (including phenoxy) is 1. The van der Waals surface area contributed by atoms with Crippen LogP contribution in [0.1, 0.15) is 35.3 Å². The van der Waals surface area contributed by atoms with E-state index in [2.05, 4.69) is 5.32 Å². The van der Waals surface area contributed by atoms with Gasteiger partial charge in [-0.25, -0.2) is 9.18 Å². The van der Waals surface area contributed by atoms with Crippen molar-refractivity contribution >= 4 is 17.7 Å². The second kappa shape index (κ2) is 8.91. The van der Waals surface area contributed by atoms with Gasteiger partial charge in [0.15, 0.2) is 5.78 Å². The number of esters is 1. The van der Waals surface area contributed by atoms with Crippen LogP contribution in [0.5, 0.6) is 0 Å². The Labute approximate surface area is 161 Å². The molecular formula is C21H19FN2O4. The highest BCUT2D eigenvalue weighted by molar-refractivity contribution is 6.09. The molecule has 0 saturated carbocycles. The summed E-state index contributed by atoms with van der Waals surface area (Å²) >= 11 is 0. The number of hydrogen-bond acceptors (Lipinski definition) is 5. The first-order valence-electron chi connectivity index (χ1n) is 8.57. The van der Waals surface area contributed by atoms with Gasteiger partial charge in [-0.2, -0.15) is 5.26 Å². The summed E-state index contributed by atoms with van der Waals surface area (Å²) in [5.74, 6) is -2.11. The number of rotatable bonds is 7. The Morgan fingerprint density at radius 2 is 1.61 bits per heavy atom. The summed E-state index contributed by atoms with van der Waals surface area (Å²) in [4.78, 5) is 36.2. The molecule has 2 rings (SSSR count). The molecule has 28 heavy (non-hydrogen) atoms. The monoisotopic (exact) mass is 382 g/mol. The number of halogens is 1. The van der Waals surface area contributed by atoms with Crippen LogP contribution in [0.2, 0.25) is 0 Å². The zero-order valence-corrected chi connectivity index (χ0v) is 15.5. The van der Waals surface area contributed by atoms with Gasteiger partial charge in [-0.3, -0.25) is 9.59 Å². The van der Waals surface area contributed by atoms with Crippen LogP contribution in [0.25, 0.3) is 0 Å². The van der Waals surface area contributed by atoms with E-state index < -0.39 is 23.2 Å². The minimum absolute atomic E-state index is 0.0625. The maximum Gasteiger partial charge on any atom is 0.347 e. The molecule has 2 aromatic carbocycles. The minimum atomic E-state index is -1.86. The molecular weight excluding hydrogens is 363 g/mol. The SMILES string of the molecule is CCOC(=O)C(C#N)(Cc1ccc(C(=O)c2ccc(F)cc2)cc1)NC(C)=O. The number of benzene rings is 2. The van der Waals surface area contributed by atoms with Crippen molar-refractivity contribution < 1.29 is 23.5 Å². The van der Waals surface area contributed by atoms with Crippen molar-refractivity contribution in [2.45, 2.75) is 25.8 Å². The van der Waals surface area contributed by atoms with Gasteiger partial charge in [0, 0.05) is 24.5 Å². The molecule has 1 amide bonds. The predicted octanol–water partition coefficient (Wildman–Crippen LogP) is 2.56. The summed E-state index contributed by atoms with van der Waals surface area (Å²) in [6, 6.07) is 13.3. The number of nitrogens with one attached hydrogen (secondary N) is 1. The molecule has 0 aromatic heterocycles. The molecule has 0 bridgehead atoms. The molecule has 7 heteroatoms. The Balaban J connectivity index is 2.26. The maximum absolute atomic E-state index is 13.0. The molecule has 144 valence electrons. The highest BCUT2D eigenvalue weighted by atomic mass is 19.1. The van der Waals surface area contributed by atoms with E-state index in [1.807, 2.05) is 6.07 Å². The van der Waals surface area contributed by atoms with Gasteiger partial charge in [0.25, 0.3) is 0 Å². The number of nitriles is 1. The predicted molar refractivity (Wildman–Crippen MR) is 98.8 cm³/mol. The second-order valence-corrected chi connectivity index (χ2v) is 6.13. The Kier molecular flexibility index (Phi) is 6.61. The van der Waals surface area contributed by atoms with Gasteiger partial charge in [0.05, 0.1) is 6.61 Å². The number of carbonyl (C=O) groups excluding carboxylic acids is 3. The van der Waals surface area contributed by atoms with Gasteiger partial charge in [0.2, 0.25) is 11.4 Å². The lowest BCUT2D eigenvalue weighted by Crippen LogP contribution is -2.55. The van der Waals surface area contributed by atoms with Crippen molar-refractivity contribution in [3.05, 3.63) is 71.0 Å². The van der Waals surface area contributed by atoms with Gasteiger partial charge < -0.3 is 10.1 Å². The first-order chi connectivity index (χ1) is 13.3. The first kappa shape index (κ1) is 20.8. The molecule has 0 heterocycles. The van der Waals surface area contributed by atoms with Crippen LogP contribution < -0.4 is 5.32 Å². The van der Waals surface area contributed by atoms with E-state index in [-0.39, 0.29) is 18.8 Å². The van der Waals surface area contributed by atoms with Crippen molar-refractivity contribution in [1.29, 1.82) is 5.26 Å². The Morgan fingerprint density at radius 1 is 1.07 bits per heavy atom. The van der Waals surface area contributed by atoms with E-state index in [4.69, 9.17) is 4.74 Å². The third kappa shape index (κ3) is 4.80. The van der Waals surface area contributed by atoms with Crippen LogP contribution in [0.3, 0.4) is 0 Å². The van der Waals surface area contributed by atoms with Crippen LogP contribution >= 0.6 is 0 Å². The third-order valence-corrected chi connectivity index (χ3v) is 4.00. The highest BCUT2D eigenvalue weighted by Gasteiger charge is 2.41. The number of ketones is 1. The van der Waals surface area contributed by atoms with Crippen molar-refractivity contribution in [2.75, 3.05) is 6.61 Å². The third-order valence-electron chi connectivity index (χ3n) is 4.00. The normalized spacial score (nSPS) is 12.4. The van der Waals surface area contributed by atoms with Gasteiger partial charge in [-0.1, -0.05) is 24.3 Å². The number of carbonyl (C=O) groups is 3. The fourth-order valence-corrected chi connectivity index (χ4v) is 2.68. The molecule has 0 radical (unpaired) electrons. The van der Waals surface area contributed by atoms with Crippen LogP contribution in [0.4, 0.5) is 4.39 Å².